The lowest BCUT2D eigenvalue weighted by atomic mass is 9.99. The largest absolute Gasteiger partial charge is 0.508 e. The molecule has 35 heavy (non-hydrogen) atoms. The van der Waals surface area contributed by atoms with E-state index in [1.165, 1.54) is 5.57 Å². The molecule has 4 aromatic rings. The minimum atomic E-state index is -0.298. The fourth-order valence-electron chi connectivity index (χ4n) is 4.77. The van der Waals surface area contributed by atoms with Crippen LogP contribution in [0.25, 0.3) is 16.5 Å². The minimum Gasteiger partial charge on any atom is -0.508 e. The quantitative estimate of drug-likeness (QED) is 0.436. The SMILES string of the molecule is O=C(CN1CC=C(c2ccc(O)cc2)CC1)N1N=C(c2cc3ccccc3o2)CC1c1ccco1. The number of phenols is 1. The number of hydrogen-bond donors (Lipinski definition) is 1. The Bertz CT molecular complexity index is 1380. The molecule has 2 aliphatic heterocycles. The molecule has 2 aromatic carbocycles. The molecule has 0 saturated carbocycles. The van der Waals surface area contributed by atoms with Crippen molar-refractivity contribution in [1.82, 2.24) is 9.91 Å². The lowest BCUT2D eigenvalue weighted by molar-refractivity contribution is -0.134. The summed E-state index contributed by atoms with van der Waals surface area (Å²) in [6, 6.07) is 20.5. The van der Waals surface area contributed by atoms with E-state index in [2.05, 4.69) is 11.0 Å². The zero-order chi connectivity index (χ0) is 23.8. The highest BCUT2D eigenvalue weighted by atomic mass is 16.3. The average Bonchev–Trinajstić information content (AvgIpc) is 3.64. The van der Waals surface area contributed by atoms with Gasteiger partial charge < -0.3 is 13.9 Å². The summed E-state index contributed by atoms with van der Waals surface area (Å²) >= 11 is 0. The van der Waals surface area contributed by atoms with Crippen molar-refractivity contribution in [2.24, 2.45) is 5.10 Å². The molecule has 1 amide bonds. The molecular formula is C28H25N3O4. The van der Waals surface area contributed by atoms with Crippen LogP contribution in [0.15, 0.2) is 93.0 Å². The van der Waals surface area contributed by atoms with Gasteiger partial charge in [0.25, 0.3) is 5.91 Å². The van der Waals surface area contributed by atoms with Gasteiger partial charge in [0, 0.05) is 24.9 Å². The Kier molecular flexibility index (Phi) is 5.47. The normalized spacial score (nSPS) is 18.6. The highest BCUT2D eigenvalue weighted by Gasteiger charge is 2.36. The Balaban J connectivity index is 1.20. The molecule has 6 rings (SSSR count). The summed E-state index contributed by atoms with van der Waals surface area (Å²) < 4.78 is 11.7. The van der Waals surface area contributed by atoms with E-state index in [4.69, 9.17) is 13.9 Å². The number of hydrogen-bond acceptors (Lipinski definition) is 6. The van der Waals surface area contributed by atoms with Gasteiger partial charge in [-0.15, -0.1) is 0 Å². The number of hydrazone groups is 1. The Morgan fingerprint density at radius 2 is 1.94 bits per heavy atom. The summed E-state index contributed by atoms with van der Waals surface area (Å²) in [5.74, 6) is 1.58. The summed E-state index contributed by atoms with van der Waals surface area (Å²) in [7, 11) is 0. The third-order valence-electron chi connectivity index (χ3n) is 6.64. The van der Waals surface area contributed by atoms with Crippen molar-refractivity contribution < 1.29 is 18.7 Å². The van der Waals surface area contributed by atoms with Crippen LogP contribution >= 0.6 is 0 Å². The molecule has 0 saturated heterocycles. The lowest BCUT2D eigenvalue weighted by Gasteiger charge is -2.28. The zero-order valence-electron chi connectivity index (χ0n) is 19.1. The molecule has 1 unspecified atom stereocenters. The average molecular weight is 468 g/mol. The van der Waals surface area contributed by atoms with Gasteiger partial charge >= 0.3 is 0 Å². The number of aromatic hydroxyl groups is 1. The van der Waals surface area contributed by atoms with Gasteiger partial charge in [-0.05, 0) is 54.0 Å². The van der Waals surface area contributed by atoms with Gasteiger partial charge in [-0.25, -0.2) is 5.01 Å². The first-order valence-electron chi connectivity index (χ1n) is 11.8. The number of fused-ring (bicyclic) bond motifs is 1. The van der Waals surface area contributed by atoms with E-state index < -0.39 is 0 Å². The molecule has 1 N–H and O–H groups in total. The van der Waals surface area contributed by atoms with Gasteiger partial charge in [0.05, 0.1) is 12.8 Å². The maximum atomic E-state index is 13.4. The van der Waals surface area contributed by atoms with Crippen molar-refractivity contribution in [2.45, 2.75) is 18.9 Å². The monoisotopic (exact) mass is 467 g/mol. The van der Waals surface area contributed by atoms with E-state index >= 15 is 0 Å². The van der Waals surface area contributed by atoms with Crippen molar-refractivity contribution in [3.63, 3.8) is 0 Å². The van der Waals surface area contributed by atoms with Crippen LogP contribution in [-0.2, 0) is 4.79 Å². The molecule has 0 radical (unpaired) electrons. The van der Waals surface area contributed by atoms with Crippen LogP contribution < -0.4 is 0 Å². The van der Waals surface area contributed by atoms with E-state index in [9.17, 15) is 9.90 Å². The first kappa shape index (κ1) is 21.4. The standard InChI is InChI=1S/C28H25N3O4/c32-22-9-7-19(8-10-22)20-11-13-30(14-12-20)18-28(33)31-24(26-6-3-15-34-26)17-23(29-31)27-16-21-4-1-2-5-25(21)35-27/h1-11,15-16,24,32H,12-14,17-18H2. The summed E-state index contributed by atoms with van der Waals surface area (Å²) in [6.07, 6.45) is 5.15. The van der Waals surface area contributed by atoms with Gasteiger partial charge in [0.15, 0.2) is 5.76 Å². The van der Waals surface area contributed by atoms with Gasteiger partial charge in [-0.1, -0.05) is 36.4 Å². The van der Waals surface area contributed by atoms with Gasteiger partial charge in [0.1, 0.15) is 28.8 Å². The van der Waals surface area contributed by atoms with Crippen molar-refractivity contribution in [3.8, 4) is 5.75 Å². The summed E-state index contributed by atoms with van der Waals surface area (Å²) in [6.45, 7) is 1.73. The van der Waals surface area contributed by atoms with Crippen LogP contribution in [0.1, 0.15) is 36.0 Å². The van der Waals surface area contributed by atoms with E-state index in [1.54, 1.807) is 23.4 Å². The van der Waals surface area contributed by atoms with Crippen molar-refractivity contribution in [2.75, 3.05) is 19.6 Å². The molecule has 0 fully saturated rings. The Morgan fingerprint density at radius 3 is 2.69 bits per heavy atom. The molecule has 7 nitrogen and oxygen atoms in total. The number of para-hydroxylation sites is 1. The molecule has 176 valence electrons. The predicted molar refractivity (Wildman–Crippen MR) is 133 cm³/mol. The fraction of sp³-hybridized carbons (Fsp3) is 0.214. The number of rotatable bonds is 5. The smallest absolute Gasteiger partial charge is 0.257 e. The number of amides is 1. The van der Waals surface area contributed by atoms with Crippen LogP contribution in [0.3, 0.4) is 0 Å². The second kappa shape index (κ2) is 8.92. The lowest BCUT2D eigenvalue weighted by Crippen LogP contribution is -2.39. The second-order valence-electron chi connectivity index (χ2n) is 8.93. The Labute approximate surface area is 202 Å². The molecule has 7 heteroatoms. The topological polar surface area (TPSA) is 82.4 Å². The number of carbonyl (C=O) groups excluding carboxylic acids is 1. The van der Waals surface area contributed by atoms with E-state index in [0.717, 1.165) is 35.2 Å². The van der Waals surface area contributed by atoms with Gasteiger partial charge in [0.2, 0.25) is 0 Å². The van der Waals surface area contributed by atoms with E-state index in [0.29, 0.717) is 24.5 Å². The molecule has 0 spiro atoms. The molecule has 0 bridgehead atoms. The number of furan rings is 2. The predicted octanol–water partition coefficient (Wildman–Crippen LogP) is 5.20. The molecule has 4 heterocycles. The van der Waals surface area contributed by atoms with Crippen LogP contribution in [0.2, 0.25) is 0 Å². The molecule has 2 aliphatic rings. The van der Waals surface area contributed by atoms with Crippen LogP contribution in [0.4, 0.5) is 0 Å². The zero-order valence-corrected chi connectivity index (χ0v) is 19.1. The summed E-state index contributed by atoms with van der Waals surface area (Å²) in [5, 5.41) is 16.8. The van der Waals surface area contributed by atoms with E-state index in [1.807, 2.05) is 54.6 Å². The third kappa shape index (κ3) is 4.26. The molecular weight excluding hydrogens is 442 g/mol. The van der Waals surface area contributed by atoms with Gasteiger partial charge in [-0.3, -0.25) is 9.69 Å². The van der Waals surface area contributed by atoms with Crippen molar-refractivity contribution in [1.29, 1.82) is 0 Å². The second-order valence-corrected chi connectivity index (χ2v) is 8.93. The van der Waals surface area contributed by atoms with Crippen molar-refractivity contribution >= 4 is 28.2 Å². The fourth-order valence-corrected chi connectivity index (χ4v) is 4.77. The summed E-state index contributed by atoms with van der Waals surface area (Å²) in [5.41, 5.74) is 3.87. The number of nitrogens with zero attached hydrogens (tertiary/aromatic N) is 3. The maximum absolute atomic E-state index is 13.4. The Morgan fingerprint density at radius 1 is 1.09 bits per heavy atom. The van der Waals surface area contributed by atoms with Gasteiger partial charge in [-0.2, -0.15) is 5.10 Å². The van der Waals surface area contributed by atoms with Crippen LogP contribution in [0.5, 0.6) is 5.75 Å². The maximum Gasteiger partial charge on any atom is 0.257 e. The Hall–Kier alpha value is -4.10. The number of benzene rings is 2. The third-order valence-corrected chi connectivity index (χ3v) is 6.64. The number of phenolic OH excluding ortho intramolecular Hbond substituents is 1. The first-order chi connectivity index (χ1) is 17.1. The van der Waals surface area contributed by atoms with Crippen LogP contribution in [0, 0.1) is 0 Å². The molecule has 1 atom stereocenters. The van der Waals surface area contributed by atoms with Crippen LogP contribution in [-0.4, -0.2) is 46.3 Å². The minimum absolute atomic E-state index is 0.0704. The highest BCUT2D eigenvalue weighted by molar-refractivity contribution is 6.03. The van der Waals surface area contributed by atoms with E-state index in [-0.39, 0.29) is 24.2 Å². The molecule has 2 aromatic heterocycles. The highest BCUT2D eigenvalue weighted by Crippen LogP contribution is 2.34. The number of carbonyl (C=O) groups is 1. The molecule has 0 aliphatic carbocycles. The first-order valence-corrected chi connectivity index (χ1v) is 11.8. The van der Waals surface area contributed by atoms with Crippen molar-refractivity contribution in [3.05, 3.63) is 96.2 Å². The summed E-state index contributed by atoms with van der Waals surface area (Å²) in [4.78, 5) is 15.5.